The quantitative estimate of drug-likeness (QED) is 0.205. The molecule has 0 saturated heterocycles. The van der Waals surface area contributed by atoms with Crippen LogP contribution in [0.4, 0.5) is 0 Å². The van der Waals surface area contributed by atoms with Crippen LogP contribution in [0.1, 0.15) is 21.6 Å². The van der Waals surface area contributed by atoms with Crippen molar-refractivity contribution in [2.24, 2.45) is 0 Å². The second-order valence-corrected chi connectivity index (χ2v) is 8.37. The number of hydrogen-bond acceptors (Lipinski definition) is 5. The van der Waals surface area contributed by atoms with E-state index in [0.29, 0.717) is 22.8 Å². The van der Waals surface area contributed by atoms with E-state index in [1.54, 1.807) is 37.0 Å². The number of methoxy groups -OCH3 is 2. The molecule has 0 spiro atoms. The van der Waals surface area contributed by atoms with Crippen molar-refractivity contribution in [2.75, 3.05) is 14.2 Å². The molecule has 178 valence electrons. The molecular formula is C30H25N3O3. The number of aromatic nitrogens is 3. The average Bonchev–Trinajstić information content (AvgIpc) is 3.36. The third kappa shape index (κ3) is 4.61. The Morgan fingerprint density at radius 3 is 2.31 bits per heavy atom. The lowest BCUT2D eigenvalue weighted by molar-refractivity contribution is 0.104. The van der Waals surface area contributed by atoms with Gasteiger partial charge in [0.25, 0.3) is 0 Å². The van der Waals surface area contributed by atoms with E-state index in [0.717, 1.165) is 28.1 Å². The molecule has 0 aliphatic carbocycles. The van der Waals surface area contributed by atoms with Crippen LogP contribution in [0.15, 0.2) is 91.0 Å². The summed E-state index contributed by atoms with van der Waals surface area (Å²) in [6, 6.07) is 27.1. The monoisotopic (exact) mass is 475 g/mol. The van der Waals surface area contributed by atoms with Gasteiger partial charge < -0.3 is 9.47 Å². The van der Waals surface area contributed by atoms with Crippen molar-refractivity contribution < 1.29 is 14.3 Å². The number of carbonyl (C=O) groups excluding carboxylic acids is 1. The van der Waals surface area contributed by atoms with Crippen LogP contribution in [0.2, 0.25) is 0 Å². The summed E-state index contributed by atoms with van der Waals surface area (Å²) < 4.78 is 12.7. The maximum absolute atomic E-state index is 13.2. The summed E-state index contributed by atoms with van der Waals surface area (Å²) >= 11 is 0. The molecule has 0 radical (unpaired) electrons. The average molecular weight is 476 g/mol. The predicted octanol–water partition coefficient (Wildman–Crippen LogP) is 6.29. The molecule has 0 N–H and O–H groups in total. The number of nitrogens with zero attached hydrogens (tertiary/aromatic N) is 3. The Hall–Kier alpha value is -4.71. The zero-order valence-electron chi connectivity index (χ0n) is 20.3. The van der Waals surface area contributed by atoms with Crippen molar-refractivity contribution in [3.63, 3.8) is 0 Å². The van der Waals surface area contributed by atoms with E-state index in [1.807, 2.05) is 85.8 Å². The number of rotatable bonds is 7. The van der Waals surface area contributed by atoms with Gasteiger partial charge in [-0.15, -0.1) is 0 Å². The van der Waals surface area contributed by atoms with Gasteiger partial charge >= 0.3 is 0 Å². The molecule has 0 unspecified atom stereocenters. The van der Waals surface area contributed by atoms with E-state index in [2.05, 4.69) is 4.98 Å². The van der Waals surface area contributed by atoms with Crippen molar-refractivity contribution >= 4 is 17.5 Å². The molecule has 6 heteroatoms. The minimum Gasteiger partial charge on any atom is -0.493 e. The lowest BCUT2D eigenvalue weighted by Gasteiger charge is -2.11. The van der Waals surface area contributed by atoms with Crippen LogP contribution in [0, 0.1) is 6.92 Å². The number of ketones is 1. The SMILES string of the molecule is COc1ccc(-c2cc(C(=O)/C=C/c3ccc(C)cc3)nc3cc(-c4ccccc4)nn23)cc1OC. The fourth-order valence-corrected chi connectivity index (χ4v) is 3.99. The van der Waals surface area contributed by atoms with Gasteiger partial charge in [0.2, 0.25) is 5.78 Å². The molecule has 0 saturated carbocycles. The number of ether oxygens (including phenoxy) is 2. The highest BCUT2D eigenvalue weighted by Gasteiger charge is 2.17. The molecule has 0 atom stereocenters. The molecule has 36 heavy (non-hydrogen) atoms. The first-order valence-corrected chi connectivity index (χ1v) is 11.5. The highest BCUT2D eigenvalue weighted by atomic mass is 16.5. The van der Waals surface area contributed by atoms with Gasteiger partial charge in [-0.25, -0.2) is 9.50 Å². The van der Waals surface area contributed by atoms with Crippen molar-refractivity contribution in [3.8, 4) is 34.0 Å². The van der Waals surface area contributed by atoms with Crippen LogP contribution >= 0.6 is 0 Å². The van der Waals surface area contributed by atoms with Crippen LogP contribution in [0.25, 0.3) is 34.2 Å². The molecule has 2 heterocycles. The lowest BCUT2D eigenvalue weighted by Crippen LogP contribution is -2.05. The third-order valence-electron chi connectivity index (χ3n) is 5.93. The van der Waals surface area contributed by atoms with E-state index < -0.39 is 0 Å². The second kappa shape index (κ2) is 9.88. The third-order valence-corrected chi connectivity index (χ3v) is 5.93. The Morgan fingerprint density at radius 2 is 1.58 bits per heavy atom. The summed E-state index contributed by atoms with van der Waals surface area (Å²) in [6.45, 7) is 2.03. The Labute approximate surface area is 209 Å². The Morgan fingerprint density at radius 1 is 0.833 bits per heavy atom. The minimum atomic E-state index is -0.192. The standard InChI is InChI=1S/C30H25N3O3/c1-20-9-11-21(12-10-20)13-15-27(34)25-18-26(23-14-16-28(35-2)29(17-23)36-3)33-30(31-25)19-24(32-33)22-7-5-4-6-8-22/h4-19H,1-3H3/b15-13+. The molecule has 3 aromatic carbocycles. The molecule has 5 aromatic rings. The van der Waals surface area contributed by atoms with Crippen molar-refractivity contribution in [1.82, 2.24) is 14.6 Å². The van der Waals surface area contributed by atoms with Crippen LogP contribution in [0.5, 0.6) is 11.5 Å². The molecule has 0 amide bonds. The number of aryl methyl sites for hydroxylation is 1. The number of hydrogen-bond donors (Lipinski definition) is 0. The zero-order chi connectivity index (χ0) is 25.1. The summed E-state index contributed by atoms with van der Waals surface area (Å²) in [5.41, 5.74) is 6.29. The van der Waals surface area contributed by atoms with Gasteiger partial charge in [0.15, 0.2) is 17.1 Å². The van der Waals surface area contributed by atoms with E-state index in [-0.39, 0.29) is 5.78 Å². The fourth-order valence-electron chi connectivity index (χ4n) is 3.99. The van der Waals surface area contributed by atoms with Gasteiger partial charge in [0.1, 0.15) is 5.69 Å². The topological polar surface area (TPSA) is 65.7 Å². The zero-order valence-corrected chi connectivity index (χ0v) is 20.3. The number of fused-ring (bicyclic) bond motifs is 1. The maximum atomic E-state index is 13.2. The normalized spacial score (nSPS) is 11.2. The van der Waals surface area contributed by atoms with E-state index in [4.69, 9.17) is 14.6 Å². The largest absolute Gasteiger partial charge is 0.493 e. The second-order valence-electron chi connectivity index (χ2n) is 8.37. The molecule has 0 aliphatic rings. The highest BCUT2D eigenvalue weighted by molar-refractivity contribution is 6.06. The van der Waals surface area contributed by atoms with Crippen molar-refractivity contribution in [1.29, 1.82) is 0 Å². The first-order chi connectivity index (χ1) is 17.6. The van der Waals surface area contributed by atoms with Gasteiger partial charge in [-0.2, -0.15) is 5.10 Å². The molecular weight excluding hydrogens is 450 g/mol. The Kier molecular flexibility index (Phi) is 6.33. The molecule has 0 fully saturated rings. The first-order valence-electron chi connectivity index (χ1n) is 11.5. The van der Waals surface area contributed by atoms with Crippen LogP contribution in [-0.2, 0) is 0 Å². The summed E-state index contributed by atoms with van der Waals surface area (Å²) in [7, 11) is 3.19. The Balaban J connectivity index is 1.63. The molecule has 2 aromatic heterocycles. The fraction of sp³-hybridized carbons (Fsp3) is 0.100. The van der Waals surface area contributed by atoms with Gasteiger partial charge in [0, 0.05) is 17.2 Å². The summed E-state index contributed by atoms with van der Waals surface area (Å²) in [6.07, 6.45) is 3.35. The Bertz CT molecular complexity index is 1570. The van der Waals surface area contributed by atoms with Gasteiger partial charge in [-0.1, -0.05) is 66.2 Å². The van der Waals surface area contributed by atoms with E-state index in [1.165, 1.54) is 5.56 Å². The van der Waals surface area contributed by atoms with Gasteiger partial charge in [0.05, 0.1) is 25.6 Å². The first kappa shape index (κ1) is 23.1. The minimum absolute atomic E-state index is 0.192. The van der Waals surface area contributed by atoms with Crippen molar-refractivity contribution in [3.05, 3.63) is 108 Å². The van der Waals surface area contributed by atoms with Gasteiger partial charge in [-0.3, -0.25) is 4.79 Å². The summed E-state index contributed by atoms with van der Waals surface area (Å²) in [4.78, 5) is 17.8. The number of allylic oxidation sites excluding steroid dienone is 1. The smallest absolute Gasteiger partial charge is 0.204 e. The number of carbonyl (C=O) groups is 1. The summed E-state index contributed by atoms with van der Waals surface area (Å²) in [5.74, 6) is 1.01. The molecule has 5 rings (SSSR count). The number of benzene rings is 3. The van der Waals surface area contributed by atoms with Crippen LogP contribution < -0.4 is 9.47 Å². The van der Waals surface area contributed by atoms with E-state index >= 15 is 0 Å². The van der Waals surface area contributed by atoms with Crippen LogP contribution in [0.3, 0.4) is 0 Å². The maximum Gasteiger partial charge on any atom is 0.204 e. The van der Waals surface area contributed by atoms with Crippen molar-refractivity contribution in [2.45, 2.75) is 6.92 Å². The summed E-state index contributed by atoms with van der Waals surface area (Å²) in [5, 5.41) is 4.81. The highest BCUT2D eigenvalue weighted by Crippen LogP contribution is 2.33. The molecule has 6 nitrogen and oxygen atoms in total. The van der Waals surface area contributed by atoms with E-state index in [9.17, 15) is 4.79 Å². The molecule has 0 bridgehead atoms. The molecule has 0 aliphatic heterocycles. The van der Waals surface area contributed by atoms with Crippen LogP contribution in [-0.4, -0.2) is 34.6 Å². The van der Waals surface area contributed by atoms with Gasteiger partial charge in [-0.05, 0) is 42.8 Å². The lowest BCUT2D eigenvalue weighted by atomic mass is 10.1. The predicted molar refractivity (Wildman–Crippen MR) is 142 cm³/mol.